The monoisotopic (exact) mass is 1330 g/mol. The number of rotatable bonds is 31. The van der Waals surface area contributed by atoms with Gasteiger partial charge in [-0.15, -0.1) is 0 Å². The van der Waals surface area contributed by atoms with Crippen LogP contribution in [0.4, 0.5) is 25.0 Å². The first-order chi connectivity index (χ1) is 43.5. The molecule has 2 aromatic heterocycles. The highest BCUT2D eigenvalue weighted by Gasteiger charge is 2.34. The fraction of sp³-hybridized carbons (Fsp3) is 0.531. The van der Waals surface area contributed by atoms with Gasteiger partial charge in [-0.1, -0.05) is 35.5 Å². The molecule has 0 saturated heterocycles. The summed E-state index contributed by atoms with van der Waals surface area (Å²) in [7, 11) is 0. The molecule has 2 heterocycles. The number of pyridine rings is 1. The highest BCUT2D eigenvalue weighted by molar-refractivity contribution is 7.98. The number of carbonyl (C=O) groups excluding carboxylic acids is 7. The fourth-order valence-corrected chi connectivity index (χ4v) is 9.50. The van der Waals surface area contributed by atoms with Crippen molar-refractivity contribution in [1.29, 1.82) is 10.5 Å². The maximum Gasteiger partial charge on any atom is 0.408 e. The van der Waals surface area contributed by atoms with Crippen LogP contribution in [-0.4, -0.2) is 137 Å². The van der Waals surface area contributed by atoms with Gasteiger partial charge >= 0.3 is 36.3 Å². The molecule has 0 aliphatic heterocycles. The maximum absolute atomic E-state index is 14.0. The van der Waals surface area contributed by atoms with Gasteiger partial charge in [0.25, 0.3) is 0 Å². The number of aromatic nitrogens is 2. The molecule has 0 fully saturated rings. The van der Waals surface area contributed by atoms with Gasteiger partial charge in [-0.25, -0.2) is 29.1 Å². The molecule has 0 aliphatic rings. The predicted molar refractivity (Wildman–Crippen MR) is 344 cm³/mol. The van der Waals surface area contributed by atoms with E-state index < -0.39 is 121 Å². The number of thioether (sulfide) groups is 1. The normalized spacial score (nSPS) is 12.8. The lowest BCUT2D eigenvalue weighted by atomic mass is 9.93. The summed E-state index contributed by atoms with van der Waals surface area (Å²) in [5.74, 6) is -5.87. The van der Waals surface area contributed by atoms with Gasteiger partial charge in [0.05, 0.1) is 36.8 Å². The number of alkyl carbamates (subject to hydrolysis) is 4. The lowest BCUT2D eigenvalue weighted by Gasteiger charge is -2.26. The first-order valence-electron chi connectivity index (χ1n) is 30.1. The average molecular weight is 1330 g/mol. The Labute approximate surface area is 551 Å². The highest BCUT2D eigenvalue weighted by atomic mass is 35.5. The average Bonchev–Trinajstić information content (AvgIpc) is 1.02. The van der Waals surface area contributed by atoms with E-state index in [1.165, 1.54) is 18.4 Å². The summed E-state index contributed by atoms with van der Waals surface area (Å²) < 4.78 is 38.8. The minimum absolute atomic E-state index is 0.0357. The van der Waals surface area contributed by atoms with Crippen LogP contribution in [0.2, 0.25) is 5.02 Å². The second kappa shape index (κ2) is 35.7. The summed E-state index contributed by atoms with van der Waals surface area (Å²) in [5, 5.41) is 48.0. The topological polar surface area (TPSA) is 397 Å². The number of nitrogens with one attached hydrogen (secondary N) is 6. The number of anilines is 1. The van der Waals surface area contributed by atoms with Crippen LogP contribution in [0.5, 0.6) is 5.75 Å². The minimum atomic E-state index is -1.52. The largest absolute Gasteiger partial charge is 0.493 e. The van der Waals surface area contributed by atoms with E-state index in [1.807, 2.05) is 6.07 Å². The number of nitrogen functional groups attached to an aromatic ring is 1. The lowest BCUT2D eigenvalue weighted by Crippen LogP contribution is -2.50. The predicted octanol–water partition coefficient (Wildman–Crippen LogP) is 9.71. The van der Waals surface area contributed by atoms with Crippen molar-refractivity contribution in [2.75, 3.05) is 45.1 Å². The molecule has 27 nitrogen and oxygen atoms in total. The second-order valence-electron chi connectivity index (χ2n) is 25.3. The van der Waals surface area contributed by atoms with E-state index in [4.69, 9.17) is 50.2 Å². The minimum Gasteiger partial charge on any atom is -0.493 e. The number of esters is 1. The number of unbranched alkanes of at least 4 members (excludes halogenated alkanes) is 2. The SMILES string of the molecule is CC(C)(C)OC(=O)NCCCC[C@H](NC(=O)OC(C)(C)C)C(=O)NCCC(=O)OC[C@H](COc1ccc(-c2c(C#N)c(N)nc(SCc3coc(-c4ccc(Cl)cc4)n3)c2C#N)cc1)C(CNC(=O)[C@H](CCCCNC(=O)OC(C)(C)C)NC(=O)OC(C)(C)C)C(=O)O. The smallest absolute Gasteiger partial charge is 0.408 e. The Morgan fingerprint density at radius 2 is 1.13 bits per heavy atom. The molecule has 506 valence electrons. The van der Waals surface area contributed by atoms with Crippen LogP contribution < -0.4 is 42.4 Å². The van der Waals surface area contributed by atoms with Crippen molar-refractivity contribution in [2.45, 2.75) is 173 Å². The molecule has 1 unspecified atom stereocenters. The Bertz CT molecular complexity index is 3290. The van der Waals surface area contributed by atoms with E-state index in [1.54, 1.807) is 119 Å². The van der Waals surface area contributed by atoms with Gasteiger partial charge in [0.15, 0.2) is 0 Å². The Morgan fingerprint density at radius 1 is 0.634 bits per heavy atom. The number of halogens is 1. The standard InChI is InChI=1S/C64H86ClN11O16S/c1-61(2,3)89-57(82)70-28-15-13-17-47(74-59(84)91-63(7,8)9)52(78)69-30-27-49(77)87-35-40(46(56(80)81)33-72-53(79)48(75-60(85)92-64(10,11)12)18-14-16-29-71-58(83)90-62(4,5)6)34-86-43-25-21-38(22-26-43)50-44(31-66)51(68)76-55(45(50)32-67)93-37-42-36-88-54(73-42)39-19-23-41(65)24-20-39/h19-26,36,40,46-48H,13-18,27-30,33-35,37H2,1-12H3,(H2,68,76)(H,69,78)(H,70,82)(H,71,83)(H,72,79)(H,74,84)(H,75,85)(H,80,81)/t40-,46?,47-,48-/m0/s1. The Morgan fingerprint density at radius 3 is 1.62 bits per heavy atom. The van der Waals surface area contributed by atoms with E-state index >= 15 is 0 Å². The number of carboxylic acids is 1. The summed E-state index contributed by atoms with van der Waals surface area (Å²) in [6.07, 6.45) is -0.386. The van der Waals surface area contributed by atoms with Gasteiger partial charge in [0.1, 0.15) is 75.0 Å². The van der Waals surface area contributed by atoms with E-state index in [9.17, 15) is 54.0 Å². The summed E-state index contributed by atoms with van der Waals surface area (Å²) >= 11 is 7.19. The van der Waals surface area contributed by atoms with Gasteiger partial charge in [0.2, 0.25) is 17.7 Å². The molecule has 0 saturated carbocycles. The zero-order valence-electron chi connectivity index (χ0n) is 54.6. The number of nitrogens with two attached hydrogens (primary N) is 1. The first-order valence-corrected chi connectivity index (χ1v) is 31.5. The summed E-state index contributed by atoms with van der Waals surface area (Å²) in [4.78, 5) is 113. The van der Waals surface area contributed by atoms with E-state index in [0.29, 0.717) is 53.4 Å². The van der Waals surface area contributed by atoms with Crippen molar-refractivity contribution >= 4 is 77.3 Å². The number of benzene rings is 2. The van der Waals surface area contributed by atoms with Crippen LogP contribution in [0.25, 0.3) is 22.6 Å². The highest BCUT2D eigenvalue weighted by Crippen LogP contribution is 2.38. The third-order valence-corrected chi connectivity index (χ3v) is 13.9. The van der Waals surface area contributed by atoms with E-state index in [-0.39, 0.29) is 71.5 Å². The van der Waals surface area contributed by atoms with Gasteiger partial charge < -0.3 is 75.6 Å². The van der Waals surface area contributed by atoms with Crippen LogP contribution in [0.1, 0.15) is 145 Å². The molecule has 0 spiro atoms. The molecule has 9 N–H and O–H groups in total. The van der Waals surface area contributed by atoms with Crippen molar-refractivity contribution in [1.82, 2.24) is 41.9 Å². The third kappa shape index (κ3) is 28.6. The number of nitriles is 2. The van der Waals surface area contributed by atoms with Gasteiger partial charge in [-0.05, 0) is 164 Å². The van der Waals surface area contributed by atoms with Crippen molar-refractivity contribution in [3.05, 3.63) is 76.6 Å². The number of carbonyl (C=O) groups is 8. The molecule has 93 heavy (non-hydrogen) atoms. The molecule has 4 rings (SSSR count). The van der Waals surface area contributed by atoms with Crippen LogP contribution >= 0.6 is 23.4 Å². The lowest BCUT2D eigenvalue weighted by molar-refractivity contribution is -0.152. The van der Waals surface area contributed by atoms with Crippen molar-refractivity contribution in [3.8, 4) is 40.5 Å². The second-order valence-corrected chi connectivity index (χ2v) is 26.7. The Balaban J connectivity index is 1.56. The molecule has 4 aromatic rings. The molecule has 0 bridgehead atoms. The fourth-order valence-electron chi connectivity index (χ4n) is 8.50. The number of hydrogen-bond acceptors (Lipinski definition) is 21. The van der Waals surface area contributed by atoms with Gasteiger partial charge in [-0.2, -0.15) is 10.5 Å². The molecule has 0 radical (unpaired) electrons. The number of carboxylic acid groups (broad SMARTS) is 1. The third-order valence-electron chi connectivity index (χ3n) is 12.7. The summed E-state index contributed by atoms with van der Waals surface area (Å²) in [6, 6.07) is 14.9. The summed E-state index contributed by atoms with van der Waals surface area (Å²) in [5.41, 5.74) is 4.81. The Hall–Kier alpha value is -9.02. The van der Waals surface area contributed by atoms with Crippen LogP contribution in [0, 0.1) is 34.5 Å². The van der Waals surface area contributed by atoms with Crippen LogP contribution in [0.15, 0.2) is 64.2 Å². The number of nitrogens with zero attached hydrogens (tertiary/aromatic N) is 4. The van der Waals surface area contributed by atoms with Gasteiger partial charge in [-0.3, -0.25) is 19.2 Å². The molecule has 4 atom stereocenters. The molecular formula is C64H86ClN11O16S. The molecule has 6 amide bonds. The number of aliphatic carboxylic acids is 1. The number of amides is 6. The molecular weight excluding hydrogens is 1250 g/mol. The van der Waals surface area contributed by atoms with Crippen molar-refractivity contribution in [3.63, 3.8) is 0 Å². The maximum atomic E-state index is 14.0. The van der Waals surface area contributed by atoms with Gasteiger partial charge in [0, 0.05) is 54.0 Å². The Kier molecular flexibility index (Phi) is 29.3. The quantitative estimate of drug-likeness (QED) is 0.0100. The number of oxazole rings is 1. The molecule has 0 aliphatic carbocycles. The summed E-state index contributed by atoms with van der Waals surface area (Å²) in [6.45, 7) is 18.7. The number of ether oxygens (including phenoxy) is 6. The zero-order valence-corrected chi connectivity index (χ0v) is 56.2. The zero-order chi connectivity index (χ0) is 69.3. The van der Waals surface area contributed by atoms with E-state index in [0.717, 1.165) is 11.8 Å². The van der Waals surface area contributed by atoms with Crippen molar-refractivity contribution in [2.24, 2.45) is 11.8 Å². The van der Waals surface area contributed by atoms with Crippen molar-refractivity contribution < 1.29 is 76.3 Å². The van der Waals surface area contributed by atoms with Crippen LogP contribution in [0.3, 0.4) is 0 Å². The number of hydrogen-bond donors (Lipinski definition) is 8. The first kappa shape index (κ1) is 76.4. The molecule has 2 aromatic carbocycles. The van der Waals surface area contributed by atoms with Crippen LogP contribution in [-0.2, 0) is 48.6 Å². The molecule has 29 heteroatoms. The van der Waals surface area contributed by atoms with E-state index in [2.05, 4.69) is 47.9 Å².